The topological polar surface area (TPSA) is 37.3 Å². The van der Waals surface area contributed by atoms with Gasteiger partial charge in [-0.05, 0) is 0 Å². The fourth-order valence-corrected chi connectivity index (χ4v) is 0. The van der Waals surface area contributed by atoms with E-state index in [0.29, 0.717) is 0 Å². The normalized spacial score (nSPS) is 3.00. The summed E-state index contributed by atoms with van der Waals surface area (Å²) < 4.78 is 0. The Morgan fingerprint density at radius 2 is 1.75 bits per heavy atom. The molecule has 0 saturated heterocycles. The van der Waals surface area contributed by atoms with Crippen molar-refractivity contribution in [3.05, 3.63) is 0 Å². The van der Waals surface area contributed by atoms with E-state index >= 15 is 0 Å². The summed E-state index contributed by atoms with van der Waals surface area (Å²) in [7, 11) is 0. The Morgan fingerprint density at radius 3 is 1.75 bits per heavy atom. The predicted molar refractivity (Wildman–Crippen MR) is 15.8 cm³/mol. The Bertz CT molecular complexity index is 13.5. The van der Waals surface area contributed by atoms with Gasteiger partial charge in [0.2, 0.25) is 0 Å². The maximum atomic E-state index is 8.36. The van der Waals surface area contributed by atoms with Crippen LogP contribution >= 0.6 is 0 Å². The number of rotatable bonds is 0. The van der Waals surface area contributed by atoms with Gasteiger partial charge in [0.1, 0.15) is 0 Å². The summed E-state index contributed by atoms with van der Waals surface area (Å²) >= 11 is 0. The molecule has 0 aromatic heterocycles. The van der Waals surface area contributed by atoms with Gasteiger partial charge < -0.3 is 5.11 Å². The van der Waals surface area contributed by atoms with E-state index in [4.69, 9.17) is 9.90 Å². The Hall–Kier alpha value is 1.28. The Kier molecular flexibility index (Phi) is 19.9. The van der Waals surface area contributed by atoms with Crippen LogP contribution in [-0.2, 0) is 4.79 Å². The third-order valence-corrected chi connectivity index (χ3v) is 0. The standard InChI is InChI=1S/CH2O2.Rb.H/c2-1-3;;/h1H,(H,2,3);;. The molecule has 0 spiro atoms. The molecule has 0 aromatic rings. The quantitative estimate of drug-likeness (QED) is 0.432. The summed E-state index contributed by atoms with van der Waals surface area (Å²) in [5, 5.41) is 6.89. The molecule has 0 amide bonds. The average Bonchev–Trinajstić information content (AvgIpc) is 0.918. The summed E-state index contributed by atoms with van der Waals surface area (Å²) in [6.07, 6.45) is 0. The van der Waals surface area contributed by atoms with Gasteiger partial charge in [0.15, 0.2) is 0 Å². The van der Waals surface area contributed by atoms with E-state index < -0.39 is 0 Å². The van der Waals surface area contributed by atoms with Crippen LogP contribution in [0, 0.1) is 0 Å². The maximum absolute atomic E-state index is 8.36. The van der Waals surface area contributed by atoms with E-state index in [-0.39, 0.29) is 64.7 Å². The Morgan fingerprint density at radius 1 is 1.75 bits per heavy atom. The van der Waals surface area contributed by atoms with Crippen LogP contribution in [-0.4, -0.2) is 69.8 Å². The molecule has 0 radical (unpaired) electrons. The molecule has 0 aliphatic heterocycles. The molecule has 0 bridgehead atoms. The van der Waals surface area contributed by atoms with Crippen molar-refractivity contribution in [3.63, 3.8) is 0 Å². The number of carboxylic acid groups (broad SMARTS) is 1. The first-order valence-corrected chi connectivity index (χ1v) is 0.494. The molecule has 4 heavy (non-hydrogen) atoms. The minimum absolute atomic E-state index is 0. The van der Waals surface area contributed by atoms with Crippen molar-refractivity contribution in [2.75, 3.05) is 0 Å². The average molecular weight is 133 g/mol. The van der Waals surface area contributed by atoms with Gasteiger partial charge in [-0.1, -0.05) is 0 Å². The Balaban J connectivity index is 0. The second-order valence-electron chi connectivity index (χ2n) is 0.105. The van der Waals surface area contributed by atoms with Crippen LogP contribution in [0.25, 0.3) is 0 Å². The summed E-state index contributed by atoms with van der Waals surface area (Å²) in [5.41, 5.74) is 0. The van der Waals surface area contributed by atoms with Gasteiger partial charge in [0.25, 0.3) is 6.47 Å². The molecular weight excluding hydrogens is 129 g/mol. The summed E-state index contributed by atoms with van der Waals surface area (Å²) in [4.78, 5) is 8.36. The minimum atomic E-state index is -0.250. The Labute approximate surface area is 73.0 Å². The second-order valence-corrected chi connectivity index (χ2v) is 0.105. The number of hydrogen-bond donors (Lipinski definition) is 1. The van der Waals surface area contributed by atoms with Crippen LogP contribution in [0.4, 0.5) is 0 Å². The molecule has 0 saturated carbocycles. The van der Waals surface area contributed by atoms with E-state index in [0.717, 1.165) is 0 Å². The van der Waals surface area contributed by atoms with Gasteiger partial charge in [-0.15, -0.1) is 0 Å². The van der Waals surface area contributed by atoms with Gasteiger partial charge in [-0.2, -0.15) is 0 Å². The third-order valence-electron chi connectivity index (χ3n) is 0. The molecule has 0 aliphatic rings. The zero-order valence-corrected chi connectivity index (χ0v) is 1.43. The van der Waals surface area contributed by atoms with Crippen LogP contribution in [0.15, 0.2) is 0 Å². The molecule has 0 aliphatic carbocycles. The van der Waals surface area contributed by atoms with Crippen molar-refractivity contribution in [2.45, 2.75) is 0 Å². The zero-order chi connectivity index (χ0) is 2.71. The second kappa shape index (κ2) is 8.86. The van der Waals surface area contributed by atoms with Crippen molar-refractivity contribution >= 4 is 64.7 Å². The molecule has 20 valence electrons. The molecule has 0 fully saturated rings. The SMILES string of the molecule is O=CO.[RbH]. The van der Waals surface area contributed by atoms with Crippen LogP contribution in [0.2, 0.25) is 0 Å². The van der Waals surface area contributed by atoms with Crippen molar-refractivity contribution < 1.29 is 9.90 Å². The van der Waals surface area contributed by atoms with Crippen molar-refractivity contribution in [3.8, 4) is 0 Å². The molecule has 1 N–H and O–H groups in total. The van der Waals surface area contributed by atoms with Crippen LogP contribution < -0.4 is 0 Å². The van der Waals surface area contributed by atoms with E-state index in [9.17, 15) is 0 Å². The molecule has 2 nitrogen and oxygen atoms in total. The first-order chi connectivity index (χ1) is 1.41. The molecule has 3 heteroatoms. The molecule has 0 aromatic carbocycles. The van der Waals surface area contributed by atoms with Gasteiger partial charge in [-0.3, -0.25) is 4.79 Å². The van der Waals surface area contributed by atoms with Crippen LogP contribution in [0.5, 0.6) is 0 Å². The third kappa shape index (κ3) is 10.4. The van der Waals surface area contributed by atoms with Gasteiger partial charge in [0.05, 0.1) is 0 Å². The van der Waals surface area contributed by atoms with Gasteiger partial charge >= 0.3 is 58.2 Å². The summed E-state index contributed by atoms with van der Waals surface area (Å²) in [6.45, 7) is -0.250. The van der Waals surface area contributed by atoms with E-state index in [1.54, 1.807) is 0 Å². The van der Waals surface area contributed by atoms with Crippen molar-refractivity contribution in [1.29, 1.82) is 0 Å². The van der Waals surface area contributed by atoms with Gasteiger partial charge in [-0.25, -0.2) is 0 Å². The summed E-state index contributed by atoms with van der Waals surface area (Å²) in [5.74, 6) is 0. The van der Waals surface area contributed by atoms with Crippen molar-refractivity contribution in [2.24, 2.45) is 0 Å². The number of hydrogen-bond acceptors (Lipinski definition) is 1. The molecule has 0 rings (SSSR count). The predicted octanol–water partition coefficient (Wildman–Crippen LogP) is -0.948. The van der Waals surface area contributed by atoms with Crippen LogP contribution in [0.3, 0.4) is 0 Å². The van der Waals surface area contributed by atoms with E-state index in [1.807, 2.05) is 0 Å². The van der Waals surface area contributed by atoms with Crippen molar-refractivity contribution in [1.82, 2.24) is 0 Å². The first-order valence-electron chi connectivity index (χ1n) is 0.494. The number of carbonyl (C=O) groups is 1. The van der Waals surface area contributed by atoms with E-state index in [2.05, 4.69) is 0 Å². The van der Waals surface area contributed by atoms with Crippen LogP contribution in [0.1, 0.15) is 0 Å². The zero-order valence-electron chi connectivity index (χ0n) is 1.43. The van der Waals surface area contributed by atoms with Gasteiger partial charge in [0, 0.05) is 0 Å². The fraction of sp³-hybridized carbons (Fsp3) is 0. The molecular formula is CH3O2Rb. The fourth-order valence-electron chi connectivity index (χ4n) is 0. The monoisotopic (exact) mass is 132 g/mol. The molecule has 0 atom stereocenters. The molecule has 0 heterocycles. The molecule has 0 unspecified atom stereocenters. The first kappa shape index (κ1) is 8.99. The summed E-state index contributed by atoms with van der Waals surface area (Å²) in [6, 6.07) is 0. The van der Waals surface area contributed by atoms with E-state index in [1.165, 1.54) is 0 Å².